The van der Waals surface area contributed by atoms with E-state index in [9.17, 15) is 5.11 Å². The van der Waals surface area contributed by atoms with E-state index >= 15 is 0 Å². The number of likely N-dealkylation sites (tertiary alicyclic amines) is 1. The van der Waals surface area contributed by atoms with Crippen molar-refractivity contribution in [3.63, 3.8) is 0 Å². The first kappa shape index (κ1) is 10.3. The third-order valence-electron chi connectivity index (χ3n) is 3.84. The number of aromatic nitrogens is 2. The number of imidazole rings is 1. The molecule has 0 amide bonds. The van der Waals surface area contributed by atoms with Crippen molar-refractivity contribution in [3.05, 3.63) is 18.2 Å². The quantitative estimate of drug-likeness (QED) is 0.820. The van der Waals surface area contributed by atoms with Gasteiger partial charge in [-0.15, -0.1) is 0 Å². The second-order valence-electron chi connectivity index (χ2n) is 5.15. The van der Waals surface area contributed by atoms with Gasteiger partial charge in [0.25, 0.3) is 0 Å². The predicted octanol–water partition coefficient (Wildman–Crippen LogP) is 0.860. The van der Waals surface area contributed by atoms with E-state index < -0.39 is 0 Å². The van der Waals surface area contributed by atoms with Gasteiger partial charge in [-0.3, -0.25) is 4.90 Å². The topological polar surface area (TPSA) is 41.3 Å². The van der Waals surface area contributed by atoms with Crippen molar-refractivity contribution in [2.45, 2.75) is 38.5 Å². The summed E-state index contributed by atoms with van der Waals surface area (Å²) in [6.45, 7) is 5.62. The molecule has 2 heterocycles. The summed E-state index contributed by atoms with van der Waals surface area (Å²) in [7, 11) is 0. The van der Waals surface area contributed by atoms with E-state index in [0.29, 0.717) is 5.92 Å². The minimum Gasteiger partial charge on any atom is -0.387 e. The van der Waals surface area contributed by atoms with Crippen LogP contribution in [0.15, 0.2) is 12.4 Å². The van der Waals surface area contributed by atoms with Crippen molar-refractivity contribution in [1.29, 1.82) is 0 Å². The van der Waals surface area contributed by atoms with E-state index in [-0.39, 0.29) is 5.60 Å². The third-order valence-corrected chi connectivity index (χ3v) is 3.84. The molecule has 2 aliphatic rings. The van der Waals surface area contributed by atoms with Crippen molar-refractivity contribution >= 4 is 0 Å². The van der Waals surface area contributed by atoms with Crippen molar-refractivity contribution in [1.82, 2.24) is 14.5 Å². The van der Waals surface area contributed by atoms with Crippen LogP contribution in [0, 0.1) is 5.92 Å². The van der Waals surface area contributed by atoms with Gasteiger partial charge in [0.2, 0.25) is 0 Å². The highest BCUT2D eigenvalue weighted by molar-refractivity contribution is 5.06. The third kappa shape index (κ3) is 1.66. The average Bonchev–Trinajstić information content (AvgIpc) is 2.98. The fourth-order valence-electron chi connectivity index (χ4n) is 2.70. The lowest BCUT2D eigenvalue weighted by Gasteiger charge is -2.46. The van der Waals surface area contributed by atoms with E-state index in [2.05, 4.69) is 21.4 Å². The lowest BCUT2D eigenvalue weighted by Crippen LogP contribution is -2.62. The van der Waals surface area contributed by atoms with Gasteiger partial charge in [-0.2, -0.15) is 0 Å². The summed E-state index contributed by atoms with van der Waals surface area (Å²) >= 11 is 0. The lowest BCUT2D eigenvalue weighted by atomic mass is 9.89. The molecule has 1 saturated carbocycles. The second kappa shape index (κ2) is 3.57. The lowest BCUT2D eigenvalue weighted by molar-refractivity contribution is -0.117. The molecule has 0 unspecified atom stereocenters. The summed E-state index contributed by atoms with van der Waals surface area (Å²) in [6.07, 6.45) is 6.30. The smallest absolute Gasteiger partial charge is 0.122 e. The molecule has 0 spiro atoms. The Kier molecular flexibility index (Phi) is 2.30. The van der Waals surface area contributed by atoms with E-state index in [1.54, 1.807) is 0 Å². The van der Waals surface area contributed by atoms with Crippen LogP contribution in [0.1, 0.15) is 25.6 Å². The molecule has 0 aromatic carbocycles. The van der Waals surface area contributed by atoms with Crippen LogP contribution in [-0.4, -0.2) is 38.2 Å². The summed E-state index contributed by atoms with van der Waals surface area (Å²) in [5.74, 6) is 1.69. The molecular formula is C12H19N3O. The second-order valence-corrected chi connectivity index (χ2v) is 5.15. The Morgan fingerprint density at radius 1 is 1.50 bits per heavy atom. The zero-order chi connectivity index (χ0) is 11.2. The van der Waals surface area contributed by atoms with E-state index in [4.69, 9.17) is 0 Å². The van der Waals surface area contributed by atoms with Crippen LogP contribution in [0.2, 0.25) is 0 Å². The highest BCUT2D eigenvalue weighted by atomic mass is 16.3. The number of aryl methyl sites for hydroxylation is 1. The molecule has 0 radical (unpaired) electrons. The molecule has 1 aliphatic heterocycles. The number of rotatable bonds is 4. The Hall–Kier alpha value is -0.870. The molecular weight excluding hydrogens is 202 g/mol. The normalized spacial score (nSPS) is 24.4. The first-order valence-electron chi connectivity index (χ1n) is 6.16. The standard InChI is InChI=1S/C12H19N3O/c1-2-15-6-5-13-11(15)7-14-8-12(16,9-14)10-3-4-10/h5-6,10,16H,2-4,7-9H2,1H3. The average molecular weight is 221 g/mol. The molecule has 3 rings (SSSR count). The number of β-amino-alcohol motifs (C(OH)–C–C–N with tert-alkyl or cyclic N) is 1. The van der Waals surface area contributed by atoms with Crippen LogP contribution >= 0.6 is 0 Å². The fraction of sp³-hybridized carbons (Fsp3) is 0.750. The Morgan fingerprint density at radius 3 is 2.88 bits per heavy atom. The molecule has 2 fully saturated rings. The van der Waals surface area contributed by atoms with Crippen LogP contribution in [-0.2, 0) is 13.1 Å². The maximum atomic E-state index is 10.2. The Morgan fingerprint density at radius 2 is 2.25 bits per heavy atom. The van der Waals surface area contributed by atoms with Gasteiger partial charge in [-0.05, 0) is 25.7 Å². The summed E-state index contributed by atoms with van der Waals surface area (Å²) in [4.78, 5) is 6.64. The van der Waals surface area contributed by atoms with E-state index in [1.807, 2.05) is 12.4 Å². The zero-order valence-electron chi connectivity index (χ0n) is 9.76. The summed E-state index contributed by atoms with van der Waals surface area (Å²) in [6, 6.07) is 0. The fourth-order valence-corrected chi connectivity index (χ4v) is 2.70. The predicted molar refractivity (Wildman–Crippen MR) is 60.9 cm³/mol. The van der Waals surface area contributed by atoms with Gasteiger partial charge in [0.15, 0.2) is 0 Å². The van der Waals surface area contributed by atoms with Crippen molar-refractivity contribution in [2.24, 2.45) is 5.92 Å². The molecule has 0 bridgehead atoms. The van der Waals surface area contributed by atoms with Gasteiger partial charge < -0.3 is 9.67 Å². The van der Waals surface area contributed by atoms with E-state index in [1.165, 1.54) is 12.8 Å². The molecule has 4 heteroatoms. The van der Waals surface area contributed by atoms with E-state index in [0.717, 1.165) is 32.0 Å². The summed E-state index contributed by atoms with van der Waals surface area (Å²) < 4.78 is 2.16. The molecule has 1 aromatic heterocycles. The van der Waals surface area contributed by atoms with Crippen LogP contribution in [0.5, 0.6) is 0 Å². The summed E-state index contributed by atoms with van der Waals surface area (Å²) in [5, 5.41) is 10.2. The molecule has 0 atom stereocenters. The van der Waals surface area contributed by atoms with Crippen LogP contribution in [0.25, 0.3) is 0 Å². The number of nitrogens with zero attached hydrogens (tertiary/aromatic N) is 3. The maximum absolute atomic E-state index is 10.2. The highest BCUT2D eigenvalue weighted by Gasteiger charge is 2.51. The SMILES string of the molecule is CCn1ccnc1CN1CC(O)(C2CC2)C1. The maximum Gasteiger partial charge on any atom is 0.122 e. The molecule has 1 aromatic rings. The Labute approximate surface area is 95.9 Å². The van der Waals surface area contributed by atoms with Crippen molar-refractivity contribution in [3.8, 4) is 0 Å². The number of hydrogen-bond acceptors (Lipinski definition) is 3. The molecule has 1 saturated heterocycles. The first-order valence-corrected chi connectivity index (χ1v) is 6.16. The molecule has 4 nitrogen and oxygen atoms in total. The van der Waals surface area contributed by atoms with Gasteiger partial charge in [0, 0.05) is 32.0 Å². The van der Waals surface area contributed by atoms with Gasteiger partial charge in [-0.25, -0.2) is 4.98 Å². The molecule has 88 valence electrons. The van der Waals surface area contributed by atoms with Crippen molar-refractivity contribution < 1.29 is 5.11 Å². The van der Waals surface area contributed by atoms with Gasteiger partial charge in [0.05, 0.1) is 12.1 Å². The minimum atomic E-state index is -0.371. The highest BCUT2D eigenvalue weighted by Crippen LogP contribution is 2.44. The van der Waals surface area contributed by atoms with Gasteiger partial charge in [0.1, 0.15) is 5.82 Å². The van der Waals surface area contributed by atoms with Gasteiger partial charge in [-0.1, -0.05) is 0 Å². The van der Waals surface area contributed by atoms with Gasteiger partial charge >= 0.3 is 0 Å². The molecule has 16 heavy (non-hydrogen) atoms. The number of aliphatic hydroxyl groups is 1. The number of hydrogen-bond donors (Lipinski definition) is 1. The Balaban J connectivity index is 1.57. The Bertz CT molecular complexity index is 377. The largest absolute Gasteiger partial charge is 0.387 e. The van der Waals surface area contributed by atoms with Crippen LogP contribution in [0.4, 0.5) is 0 Å². The molecule has 1 N–H and O–H groups in total. The monoisotopic (exact) mass is 221 g/mol. The summed E-state index contributed by atoms with van der Waals surface area (Å²) in [5.41, 5.74) is -0.371. The van der Waals surface area contributed by atoms with Crippen LogP contribution in [0.3, 0.4) is 0 Å². The van der Waals surface area contributed by atoms with Crippen LogP contribution < -0.4 is 0 Å². The molecule has 1 aliphatic carbocycles. The van der Waals surface area contributed by atoms with Crippen molar-refractivity contribution in [2.75, 3.05) is 13.1 Å². The first-order chi connectivity index (χ1) is 7.71. The minimum absolute atomic E-state index is 0.371. The zero-order valence-corrected chi connectivity index (χ0v) is 9.76.